The number of nitrogens with one attached hydrogen (secondary N) is 1. The average molecular weight is 371 g/mol. The van der Waals surface area contributed by atoms with Crippen molar-refractivity contribution in [3.05, 3.63) is 68.6 Å². The largest absolute Gasteiger partial charge is 0.322 e. The van der Waals surface area contributed by atoms with Crippen LogP contribution in [0.1, 0.15) is 5.56 Å². The van der Waals surface area contributed by atoms with Gasteiger partial charge in [0.15, 0.2) is 0 Å². The predicted octanol–water partition coefficient (Wildman–Crippen LogP) is 5.41. The molecule has 2 rings (SSSR count). The van der Waals surface area contributed by atoms with Crippen LogP contribution in [0.4, 0.5) is 5.69 Å². The molecule has 20 heavy (non-hydrogen) atoms. The molecule has 102 valence electrons. The van der Waals surface area contributed by atoms with Crippen LogP contribution in [0.3, 0.4) is 0 Å². The van der Waals surface area contributed by atoms with Crippen LogP contribution in [0.15, 0.2) is 53.0 Å². The Morgan fingerprint density at radius 3 is 2.40 bits per heavy atom. The number of hydrogen-bond acceptors (Lipinski definition) is 1. The molecule has 0 aliphatic carbocycles. The summed E-state index contributed by atoms with van der Waals surface area (Å²) in [5.41, 5.74) is 1.33. The van der Waals surface area contributed by atoms with E-state index in [0.29, 0.717) is 21.3 Å². The van der Waals surface area contributed by atoms with Crippen LogP contribution in [0.25, 0.3) is 6.08 Å². The van der Waals surface area contributed by atoms with Crippen LogP contribution in [-0.4, -0.2) is 5.91 Å². The van der Waals surface area contributed by atoms with Gasteiger partial charge in [0.2, 0.25) is 5.91 Å². The quantitative estimate of drug-likeness (QED) is 0.719. The predicted molar refractivity (Wildman–Crippen MR) is 88.3 cm³/mol. The molecule has 1 N–H and O–H groups in total. The van der Waals surface area contributed by atoms with Crippen molar-refractivity contribution in [3.8, 4) is 0 Å². The van der Waals surface area contributed by atoms with Crippen molar-refractivity contribution in [2.24, 2.45) is 0 Å². The monoisotopic (exact) mass is 369 g/mol. The van der Waals surface area contributed by atoms with E-state index in [1.165, 1.54) is 6.08 Å². The van der Waals surface area contributed by atoms with Crippen molar-refractivity contribution in [2.45, 2.75) is 0 Å². The van der Waals surface area contributed by atoms with Gasteiger partial charge in [-0.25, -0.2) is 0 Å². The molecule has 0 atom stereocenters. The van der Waals surface area contributed by atoms with E-state index in [9.17, 15) is 4.79 Å². The molecule has 2 nitrogen and oxygen atoms in total. The minimum Gasteiger partial charge on any atom is -0.322 e. The van der Waals surface area contributed by atoms with Gasteiger partial charge < -0.3 is 5.32 Å². The van der Waals surface area contributed by atoms with Gasteiger partial charge in [-0.15, -0.1) is 0 Å². The molecular formula is C15H10BrCl2NO. The Morgan fingerprint density at radius 2 is 1.75 bits per heavy atom. The third kappa shape index (κ3) is 4.10. The molecule has 0 aromatic heterocycles. The number of rotatable bonds is 3. The first-order valence-electron chi connectivity index (χ1n) is 5.75. The molecule has 0 aliphatic rings. The van der Waals surface area contributed by atoms with Crippen LogP contribution < -0.4 is 5.32 Å². The van der Waals surface area contributed by atoms with Crippen molar-refractivity contribution >= 4 is 56.8 Å². The Balaban J connectivity index is 2.10. The third-order valence-corrected chi connectivity index (χ3v) is 3.65. The maximum Gasteiger partial charge on any atom is 0.248 e. The summed E-state index contributed by atoms with van der Waals surface area (Å²) in [4.78, 5) is 11.8. The lowest BCUT2D eigenvalue weighted by molar-refractivity contribution is -0.111. The van der Waals surface area contributed by atoms with Crippen molar-refractivity contribution in [1.82, 2.24) is 0 Å². The summed E-state index contributed by atoms with van der Waals surface area (Å²) in [6, 6.07) is 12.5. The fourth-order valence-corrected chi connectivity index (χ4v) is 2.50. The van der Waals surface area contributed by atoms with Crippen molar-refractivity contribution in [1.29, 1.82) is 0 Å². The van der Waals surface area contributed by atoms with Crippen molar-refractivity contribution < 1.29 is 4.79 Å². The van der Waals surface area contributed by atoms with Gasteiger partial charge in [-0.05, 0) is 36.4 Å². The van der Waals surface area contributed by atoms with Crippen LogP contribution in [0.2, 0.25) is 10.0 Å². The highest BCUT2D eigenvalue weighted by molar-refractivity contribution is 9.10. The average Bonchev–Trinajstić information content (AvgIpc) is 2.38. The van der Waals surface area contributed by atoms with Gasteiger partial charge in [0, 0.05) is 31.8 Å². The lowest BCUT2D eigenvalue weighted by Crippen LogP contribution is -2.07. The summed E-state index contributed by atoms with van der Waals surface area (Å²) in [6.07, 6.45) is 2.99. The number of hydrogen-bond donors (Lipinski definition) is 1. The zero-order valence-electron chi connectivity index (χ0n) is 10.2. The van der Waals surface area contributed by atoms with Gasteiger partial charge in [-0.3, -0.25) is 4.79 Å². The van der Waals surface area contributed by atoms with Gasteiger partial charge in [-0.2, -0.15) is 0 Å². The smallest absolute Gasteiger partial charge is 0.248 e. The lowest BCUT2D eigenvalue weighted by atomic mass is 10.2. The Morgan fingerprint density at radius 1 is 1.10 bits per heavy atom. The molecule has 2 aromatic rings. The molecule has 2 aromatic carbocycles. The van der Waals surface area contributed by atoms with Crippen LogP contribution in [-0.2, 0) is 4.79 Å². The SMILES string of the molecule is O=C(/C=C/c1c(Cl)cccc1Cl)Nc1cccc(Br)c1. The van der Waals surface area contributed by atoms with E-state index in [0.717, 1.165) is 4.47 Å². The van der Waals surface area contributed by atoms with E-state index in [1.807, 2.05) is 18.2 Å². The Kier molecular flexibility index (Phi) is 5.24. The second kappa shape index (κ2) is 6.93. The first kappa shape index (κ1) is 15.1. The molecule has 0 saturated carbocycles. The van der Waals surface area contributed by atoms with Crippen LogP contribution in [0.5, 0.6) is 0 Å². The molecule has 0 unspecified atom stereocenters. The molecule has 0 fully saturated rings. The van der Waals surface area contributed by atoms with E-state index in [2.05, 4.69) is 21.2 Å². The third-order valence-electron chi connectivity index (χ3n) is 2.49. The van der Waals surface area contributed by atoms with Gasteiger partial charge >= 0.3 is 0 Å². The topological polar surface area (TPSA) is 29.1 Å². The molecular weight excluding hydrogens is 361 g/mol. The molecule has 0 heterocycles. The van der Waals surface area contributed by atoms with Gasteiger partial charge in [0.1, 0.15) is 0 Å². The summed E-state index contributed by atoms with van der Waals surface area (Å²) < 4.78 is 0.897. The second-order valence-electron chi connectivity index (χ2n) is 3.97. The maximum absolute atomic E-state index is 11.8. The number of anilines is 1. The normalized spacial score (nSPS) is 10.8. The zero-order chi connectivity index (χ0) is 14.5. The summed E-state index contributed by atoms with van der Waals surface area (Å²) in [5, 5.41) is 3.76. The Bertz CT molecular complexity index is 650. The first-order chi connectivity index (χ1) is 9.56. The fraction of sp³-hybridized carbons (Fsp3) is 0. The molecule has 0 saturated heterocycles. The van der Waals surface area contributed by atoms with E-state index >= 15 is 0 Å². The van der Waals surface area contributed by atoms with E-state index in [4.69, 9.17) is 23.2 Å². The standard InChI is InChI=1S/C15H10BrCl2NO/c16-10-3-1-4-11(9-10)19-15(20)8-7-12-13(17)5-2-6-14(12)18/h1-9H,(H,19,20)/b8-7+. The summed E-state index contributed by atoms with van der Waals surface area (Å²) in [5.74, 6) is -0.251. The molecule has 5 heteroatoms. The zero-order valence-corrected chi connectivity index (χ0v) is 13.3. The van der Waals surface area contributed by atoms with Gasteiger partial charge in [0.25, 0.3) is 0 Å². The molecule has 0 spiro atoms. The fourth-order valence-electron chi connectivity index (χ4n) is 1.58. The number of amides is 1. The lowest BCUT2D eigenvalue weighted by Gasteiger charge is -2.03. The van der Waals surface area contributed by atoms with Crippen molar-refractivity contribution in [3.63, 3.8) is 0 Å². The van der Waals surface area contributed by atoms with E-state index in [1.54, 1.807) is 30.3 Å². The summed E-state index contributed by atoms with van der Waals surface area (Å²) in [7, 11) is 0. The van der Waals surface area contributed by atoms with E-state index in [-0.39, 0.29) is 5.91 Å². The minimum atomic E-state index is -0.251. The summed E-state index contributed by atoms with van der Waals surface area (Å²) in [6.45, 7) is 0. The molecule has 0 radical (unpaired) electrons. The van der Waals surface area contributed by atoms with Crippen LogP contribution >= 0.6 is 39.1 Å². The highest BCUT2D eigenvalue weighted by Crippen LogP contribution is 2.25. The van der Waals surface area contributed by atoms with E-state index < -0.39 is 0 Å². The van der Waals surface area contributed by atoms with Gasteiger partial charge in [-0.1, -0.05) is 51.3 Å². The number of carbonyl (C=O) groups excluding carboxylic acids is 1. The molecule has 0 aliphatic heterocycles. The number of carbonyl (C=O) groups is 1. The highest BCUT2D eigenvalue weighted by atomic mass is 79.9. The number of halogens is 3. The Hall–Kier alpha value is -1.29. The maximum atomic E-state index is 11.8. The first-order valence-corrected chi connectivity index (χ1v) is 7.30. The number of benzene rings is 2. The highest BCUT2D eigenvalue weighted by Gasteiger charge is 2.03. The van der Waals surface area contributed by atoms with Crippen LogP contribution in [0, 0.1) is 0 Å². The van der Waals surface area contributed by atoms with Gasteiger partial charge in [0.05, 0.1) is 0 Å². The summed E-state index contributed by atoms with van der Waals surface area (Å²) >= 11 is 15.4. The van der Waals surface area contributed by atoms with Crippen molar-refractivity contribution in [2.75, 3.05) is 5.32 Å². The molecule has 1 amide bonds. The molecule has 0 bridgehead atoms. The minimum absolute atomic E-state index is 0.251. The second-order valence-corrected chi connectivity index (χ2v) is 5.70. The Labute approximate surface area is 135 Å².